The smallest absolute Gasteiger partial charge is 0.249 e. The van der Waals surface area contributed by atoms with Gasteiger partial charge in [0.25, 0.3) is 0 Å². The summed E-state index contributed by atoms with van der Waals surface area (Å²) in [6.45, 7) is 0. The van der Waals surface area contributed by atoms with Crippen LogP contribution in [-0.2, 0) is 4.79 Å². The molecule has 2 rings (SSSR count). The molecule has 0 radical (unpaired) electrons. The van der Waals surface area contributed by atoms with Crippen LogP contribution in [0, 0.1) is 5.82 Å². The highest BCUT2D eigenvalue weighted by molar-refractivity contribution is 6.01. The minimum absolute atomic E-state index is 0.166. The van der Waals surface area contributed by atoms with Gasteiger partial charge in [0.2, 0.25) is 5.91 Å². The number of carbonyl (C=O) groups is 1. The van der Waals surface area contributed by atoms with Gasteiger partial charge in [-0.05, 0) is 23.8 Å². The van der Waals surface area contributed by atoms with Gasteiger partial charge in [-0.15, -0.1) is 0 Å². The van der Waals surface area contributed by atoms with E-state index in [1.54, 1.807) is 12.1 Å². The van der Waals surface area contributed by atoms with E-state index in [4.69, 9.17) is 4.74 Å². The molecule has 0 atom stereocenters. The molecule has 0 spiro atoms. The van der Waals surface area contributed by atoms with E-state index in [9.17, 15) is 9.18 Å². The van der Waals surface area contributed by atoms with E-state index in [-0.39, 0.29) is 11.7 Å². The number of carbonyl (C=O) groups excluding carboxylic acids is 1. The fourth-order valence-corrected chi connectivity index (χ4v) is 1.46. The number of aromatic nitrogens is 2. The minimum atomic E-state index is -0.473. The number of halogens is 1. The molecule has 0 aliphatic heterocycles. The van der Waals surface area contributed by atoms with Crippen molar-refractivity contribution >= 4 is 17.8 Å². The fourth-order valence-electron chi connectivity index (χ4n) is 1.46. The lowest BCUT2D eigenvalue weighted by Crippen LogP contribution is -2.07. The Bertz CT molecular complexity index is 594. The molecule has 0 saturated heterocycles. The Kier molecular flexibility index (Phi) is 3.92. The third-order valence-corrected chi connectivity index (χ3v) is 2.36. The first-order chi connectivity index (χ1) is 9.19. The first kappa shape index (κ1) is 12.8. The van der Waals surface area contributed by atoms with Gasteiger partial charge in [0.05, 0.1) is 13.3 Å². The van der Waals surface area contributed by atoms with Gasteiger partial charge < -0.3 is 10.1 Å². The van der Waals surface area contributed by atoms with Crippen LogP contribution in [0.15, 0.2) is 36.5 Å². The largest absolute Gasteiger partial charge is 0.494 e. The summed E-state index contributed by atoms with van der Waals surface area (Å²) in [7, 11) is 1.39. The predicted octanol–water partition coefficient (Wildman–Crippen LogP) is 2.21. The zero-order chi connectivity index (χ0) is 13.7. The molecule has 0 fully saturated rings. The monoisotopic (exact) mass is 261 g/mol. The first-order valence-electron chi connectivity index (χ1n) is 5.51. The second-order valence-electron chi connectivity index (χ2n) is 3.69. The molecule has 0 aliphatic rings. The standard InChI is InChI=1S/C13H12FN3O2/c1-19-11-4-2-9(8-10(11)14)3-5-13(18)16-12-6-7-15-17-12/h2-8H,1H3,(H2,15,16,17,18)/b5-3+. The fraction of sp³-hybridized carbons (Fsp3) is 0.0769. The molecule has 98 valence electrons. The predicted molar refractivity (Wildman–Crippen MR) is 69.2 cm³/mol. The van der Waals surface area contributed by atoms with Crippen LogP contribution >= 0.6 is 0 Å². The molecule has 6 heteroatoms. The zero-order valence-electron chi connectivity index (χ0n) is 10.2. The van der Waals surface area contributed by atoms with Crippen molar-refractivity contribution in [3.63, 3.8) is 0 Å². The number of ether oxygens (including phenoxy) is 1. The molecule has 1 amide bonds. The summed E-state index contributed by atoms with van der Waals surface area (Å²) < 4.78 is 18.2. The van der Waals surface area contributed by atoms with Gasteiger partial charge in [0, 0.05) is 12.1 Å². The third-order valence-electron chi connectivity index (χ3n) is 2.36. The Morgan fingerprint density at radius 3 is 2.95 bits per heavy atom. The molecule has 19 heavy (non-hydrogen) atoms. The molecule has 2 N–H and O–H groups in total. The maximum Gasteiger partial charge on any atom is 0.249 e. The number of nitrogens with zero attached hydrogens (tertiary/aromatic N) is 1. The number of benzene rings is 1. The summed E-state index contributed by atoms with van der Waals surface area (Å²) in [6, 6.07) is 6.07. The van der Waals surface area contributed by atoms with Crippen LogP contribution in [0.2, 0.25) is 0 Å². The van der Waals surface area contributed by atoms with Crippen molar-refractivity contribution in [3.8, 4) is 5.75 Å². The van der Waals surface area contributed by atoms with Crippen LogP contribution in [0.4, 0.5) is 10.2 Å². The van der Waals surface area contributed by atoms with E-state index < -0.39 is 5.82 Å². The third kappa shape index (κ3) is 3.41. The molecule has 0 aliphatic carbocycles. The molecular formula is C13H12FN3O2. The molecule has 1 aromatic carbocycles. The average Bonchev–Trinajstić information content (AvgIpc) is 2.89. The highest BCUT2D eigenvalue weighted by atomic mass is 19.1. The van der Waals surface area contributed by atoms with E-state index in [0.29, 0.717) is 11.4 Å². The van der Waals surface area contributed by atoms with Crippen molar-refractivity contribution in [1.29, 1.82) is 0 Å². The quantitative estimate of drug-likeness (QED) is 0.829. The molecular weight excluding hydrogens is 249 g/mol. The van der Waals surface area contributed by atoms with Gasteiger partial charge in [-0.2, -0.15) is 5.10 Å². The van der Waals surface area contributed by atoms with Gasteiger partial charge in [-0.1, -0.05) is 6.07 Å². The topological polar surface area (TPSA) is 67.0 Å². The Balaban J connectivity index is 2.02. The van der Waals surface area contributed by atoms with Gasteiger partial charge in [0.1, 0.15) is 5.82 Å². The maximum atomic E-state index is 13.4. The van der Waals surface area contributed by atoms with E-state index >= 15 is 0 Å². The SMILES string of the molecule is COc1ccc(/C=C/C(=O)Nc2ccn[nH]2)cc1F. The Morgan fingerprint density at radius 2 is 2.32 bits per heavy atom. The zero-order valence-corrected chi connectivity index (χ0v) is 10.2. The highest BCUT2D eigenvalue weighted by Gasteiger charge is 2.02. The van der Waals surface area contributed by atoms with Crippen LogP contribution in [-0.4, -0.2) is 23.2 Å². The van der Waals surface area contributed by atoms with Crippen LogP contribution in [0.25, 0.3) is 6.08 Å². The summed E-state index contributed by atoms with van der Waals surface area (Å²) >= 11 is 0. The number of H-pyrrole nitrogens is 1. The molecule has 5 nitrogen and oxygen atoms in total. The summed E-state index contributed by atoms with van der Waals surface area (Å²) in [5.41, 5.74) is 0.568. The molecule has 0 saturated carbocycles. The number of rotatable bonds is 4. The van der Waals surface area contributed by atoms with Crippen LogP contribution in [0.1, 0.15) is 5.56 Å². The molecule has 0 bridgehead atoms. The van der Waals surface area contributed by atoms with Crippen molar-refractivity contribution in [2.45, 2.75) is 0 Å². The number of nitrogens with one attached hydrogen (secondary N) is 2. The number of aromatic amines is 1. The highest BCUT2D eigenvalue weighted by Crippen LogP contribution is 2.18. The Labute approximate surface area is 109 Å². The van der Waals surface area contributed by atoms with Crippen LogP contribution in [0.5, 0.6) is 5.75 Å². The van der Waals surface area contributed by atoms with E-state index in [0.717, 1.165) is 0 Å². The van der Waals surface area contributed by atoms with Crippen molar-refractivity contribution < 1.29 is 13.9 Å². The van der Waals surface area contributed by atoms with Crippen molar-refractivity contribution in [2.75, 3.05) is 12.4 Å². The van der Waals surface area contributed by atoms with Crippen LogP contribution < -0.4 is 10.1 Å². The van der Waals surface area contributed by atoms with Crippen molar-refractivity contribution in [2.24, 2.45) is 0 Å². The summed E-state index contributed by atoms with van der Waals surface area (Å²) in [5, 5.41) is 8.86. The molecule has 1 heterocycles. The number of methoxy groups -OCH3 is 1. The summed E-state index contributed by atoms with van der Waals surface area (Å²) in [5.74, 6) is -0.145. The van der Waals surface area contributed by atoms with Crippen molar-refractivity contribution in [1.82, 2.24) is 10.2 Å². The Morgan fingerprint density at radius 1 is 1.47 bits per heavy atom. The van der Waals surface area contributed by atoms with Crippen molar-refractivity contribution in [3.05, 3.63) is 47.9 Å². The van der Waals surface area contributed by atoms with E-state index in [1.807, 2.05) is 0 Å². The lowest BCUT2D eigenvalue weighted by Gasteiger charge is -2.02. The van der Waals surface area contributed by atoms with Gasteiger partial charge in [-0.3, -0.25) is 9.89 Å². The number of hydrogen-bond donors (Lipinski definition) is 2. The molecule has 1 aromatic heterocycles. The normalized spacial score (nSPS) is 10.6. The number of anilines is 1. The lowest BCUT2D eigenvalue weighted by molar-refractivity contribution is -0.111. The number of hydrogen-bond acceptors (Lipinski definition) is 3. The lowest BCUT2D eigenvalue weighted by atomic mass is 10.2. The maximum absolute atomic E-state index is 13.4. The average molecular weight is 261 g/mol. The Hall–Kier alpha value is -2.63. The number of amides is 1. The summed E-state index contributed by atoms with van der Waals surface area (Å²) in [4.78, 5) is 11.5. The van der Waals surface area contributed by atoms with E-state index in [1.165, 1.54) is 37.6 Å². The second kappa shape index (κ2) is 5.81. The second-order valence-corrected chi connectivity index (χ2v) is 3.69. The van der Waals surface area contributed by atoms with Gasteiger partial charge in [0.15, 0.2) is 11.6 Å². The first-order valence-corrected chi connectivity index (χ1v) is 5.51. The van der Waals surface area contributed by atoms with E-state index in [2.05, 4.69) is 15.5 Å². The minimum Gasteiger partial charge on any atom is -0.494 e. The van der Waals surface area contributed by atoms with Crippen LogP contribution in [0.3, 0.4) is 0 Å². The summed E-state index contributed by atoms with van der Waals surface area (Å²) in [6.07, 6.45) is 4.34. The van der Waals surface area contributed by atoms with Gasteiger partial charge in [-0.25, -0.2) is 4.39 Å². The van der Waals surface area contributed by atoms with Gasteiger partial charge >= 0.3 is 0 Å². The molecule has 0 unspecified atom stereocenters. The molecule has 2 aromatic rings.